The third kappa shape index (κ3) is 2.96. The third-order valence-electron chi connectivity index (χ3n) is 4.20. The van der Waals surface area contributed by atoms with Crippen LogP contribution in [0, 0.1) is 0 Å². The van der Waals surface area contributed by atoms with Crippen LogP contribution in [0.5, 0.6) is 0 Å². The van der Waals surface area contributed by atoms with Gasteiger partial charge in [0, 0.05) is 6.42 Å². The topological polar surface area (TPSA) is 45.8 Å². The number of benzene rings is 2. The summed E-state index contributed by atoms with van der Waals surface area (Å²) in [5.74, 6) is 0.466. The summed E-state index contributed by atoms with van der Waals surface area (Å²) in [6, 6.07) is 20.2. The van der Waals surface area contributed by atoms with E-state index in [2.05, 4.69) is 5.10 Å². The summed E-state index contributed by atoms with van der Waals surface area (Å²) >= 11 is 6.20. The molecule has 2 aromatic carbocycles. The summed E-state index contributed by atoms with van der Waals surface area (Å²) in [7, 11) is 0. The number of halogens is 1. The third-order valence-corrected chi connectivity index (χ3v) is 4.53. The summed E-state index contributed by atoms with van der Waals surface area (Å²) in [5.41, 5.74) is 2.27. The van der Waals surface area contributed by atoms with Gasteiger partial charge in [0.2, 0.25) is 0 Å². The van der Waals surface area contributed by atoms with Crippen LogP contribution in [-0.4, -0.2) is 16.6 Å². The largest absolute Gasteiger partial charge is 0.467 e. The molecule has 0 fully saturated rings. The Hall–Kier alpha value is -2.85. The highest BCUT2D eigenvalue weighted by Gasteiger charge is 2.35. The highest BCUT2D eigenvalue weighted by atomic mass is 35.5. The normalized spacial score (nSPS) is 16.8. The van der Waals surface area contributed by atoms with E-state index in [4.69, 9.17) is 16.0 Å². The first-order valence-corrected chi connectivity index (χ1v) is 8.36. The van der Waals surface area contributed by atoms with Crippen molar-refractivity contribution >= 4 is 23.2 Å². The van der Waals surface area contributed by atoms with Crippen LogP contribution in [0.3, 0.4) is 0 Å². The number of hydrazone groups is 1. The average Bonchev–Trinajstić information content (AvgIpc) is 3.32. The maximum atomic E-state index is 13.0. The number of hydrogen-bond acceptors (Lipinski definition) is 3. The predicted molar refractivity (Wildman–Crippen MR) is 96.7 cm³/mol. The summed E-state index contributed by atoms with van der Waals surface area (Å²) in [6.07, 6.45) is 2.20. The van der Waals surface area contributed by atoms with Crippen molar-refractivity contribution in [3.05, 3.63) is 94.9 Å². The van der Waals surface area contributed by atoms with Crippen molar-refractivity contribution in [1.29, 1.82) is 0 Å². The Bertz CT molecular complexity index is 920. The lowest BCUT2D eigenvalue weighted by atomic mass is 10.0. The smallest absolute Gasteiger partial charge is 0.276 e. The molecule has 0 N–H and O–H groups in total. The van der Waals surface area contributed by atoms with E-state index in [1.807, 2.05) is 42.5 Å². The summed E-state index contributed by atoms with van der Waals surface area (Å²) in [5, 5.41) is 6.48. The van der Waals surface area contributed by atoms with Crippen molar-refractivity contribution in [2.75, 3.05) is 0 Å². The van der Waals surface area contributed by atoms with Crippen LogP contribution in [0.2, 0.25) is 5.02 Å². The van der Waals surface area contributed by atoms with Crippen LogP contribution in [0.1, 0.15) is 34.1 Å². The second-order valence-corrected chi connectivity index (χ2v) is 6.18. The summed E-state index contributed by atoms with van der Waals surface area (Å²) in [6.45, 7) is 0. The van der Waals surface area contributed by atoms with E-state index in [1.165, 1.54) is 5.01 Å². The molecule has 5 heteroatoms. The van der Waals surface area contributed by atoms with Crippen LogP contribution in [0.25, 0.3) is 0 Å². The van der Waals surface area contributed by atoms with E-state index < -0.39 is 0 Å². The molecule has 1 aliphatic rings. The van der Waals surface area contributed by atoms with Crippen molar-refractivity contribution in [2.24, 2.45) is 5.10 Å². The molecule has 0 spiro atoms. The van der Waals surface area contributed by atoms with Gasteiger partial charge in [0.15, 0.2) is 0 Å². The molecule has 1 amide bonds. The lowest BCUT2D eigenvalue weighted by Gasteiger charge is -2.20. The minimum absolute atomic E-state index is 0.238. The van der Waals surface area contributed by atoms with Crippen LogP contribution >= 0.6 is 11.6 Å². The van der Waals surface area contributed by atoms with Crippen molar-refractivity contribution in [1.82, 2.24) is 5.01 Å². The molecule has 4 rings (SSSR count). The second kappa shape index (κ2) is 6.57. The fraction of sp³-hybridized carbons (Fsp3) is 0.100. The first-order valence-electron chi connectivity index (χ1n) is 7.98. The highest BCUT2D eigenvalue weighted by Crippen LogP contribution is 2.35. The van der Waals surface area contributed by atoms with E-state index >= 15 is 0 Å². The van der Waals surface area contributed by atoms with Crippen molar-refractivity contribution in [3.63, 3.8) is 0 Å². The molecule has 0 saturated heterocycles. The Kier molecular flexibility index (Phi) is 4.12. The van der Waals surface area contributed by atoms with E-state index in [9.17, 15) is 4.79 Å². The zero-order valence-electron chi connectivity index (χ0n) is 13.3. The number of carbonyl (C=O) groups is 1. The Labute approximate surface area is 150 Å². The Balaban J connectivity index is 1.74. The summed E-state index contributed by atoms with van der Waals surface area (Å²) < 4.78 is 5.55. The minimum atomic E-state index is -0.283. The lowest BCUT2D eigenvalue weighted by molar-refractivity contribution is 0.0693. The standard InChI is InChI=1S/C20H15ClN2O2/c21-16-10-5-4-9-15(16)20(24)23-18(19-11-6-12-25-19)13-17(22-23)14-7-2-1-3-8-14/h1-12,18H,13H2/t18-/m0/s1. The minimum Gasteiger partial charge on any atom is -0.467 e. The van der Waals surface area contributed by atoms with Gasteiger partial charge in [0.25, 0.3) is 5.91 Å². The number of carbonyl (C=O) groups excluding carboxylic acids is 1. The van der Waals surface area contributed by atoms with Crippen molar-refractivity contribution in [2.45, 2.75) is 12.5 Å². The van der Waals surface area contributed by atoms with Crippen LogP contribution in [0.4, 0.5) is 0 Å². The predicted octanol–water partition coefficient (Wildman–Crippen LogP) is 4.92. The van der Waals surface area contributed by atoms with Gasteiger partial charge >= 0.3 is 0 Å². The fourth-order valence-corrected chi connectivity index (χ4v) is 3.18. The van der Waals surface area contributed by atoms with Gasteiger partial charge < -0.3 is 4.42 Å². The van der Waals surface area contributed by atoms with Crippen molar-refractivity contribution in [3.8, 4) is 0 Å². The van der Waals surface area contributed by atoms with E-state index in [-0.39, 0.29) is 11.9 Å². The van der Waals surface area contributed by atoms with Gasteiger partial charge in [-0.05, 0) is 29.8 Å². The Morgan fingerprint density at radius 3 is 2.52 bits per heavy atom. The molecule has 1 atom stereocenters. The Morgan fingerprint density at radius 2 is 1.80 bits per heavy atom. The molecule has 3 aromatic rings. The number of nitrogens with zero attached hydrogens (tertiary/aromatic N) is 2. The van der Waals surface area contributed by atoms with Gasteiger partial charge in [0.1, 0.15) is 11.8 Å². The number of rotatable bonds is 3. The number of furan rings is 1. The van der Waals surface area contributed by atoms with E-state index in [1.54, 1.807) is 30.5 Å². The molecule has 25 heavy (non-hydrogen) atoms. The zero-order chi connectivity index (χ0) is 17.2. The lowest BCUT2D eigenvalue weighted by Crippen LogP contribution is -2.27. The summed E-state index contributed by atoms with van der Waals surface area (Å²) in [4.78, 5) is 13.0. The monoisotopic (exact) mass is 350 g/mol. The molecule has 4 nitrogen and oxygen atoms in total. The van der Waals surface area contributed by atoms with E-state index in [0.29, 0.717) is 22.8 Å². The van der Waals surface area contributed by atoms with Crippen LogP contribution in [0.15, 0.2) is 82.5 Å². The first-order chi connectivity index (χ1) is 12.2. The van der Waals surface area contributed by atoms with Gasteiger partial charge in [-0.1, -0.05) is 54.1 Å². The maximum Gasteiger partial charge on any atom is 0.276 e. The van der Waals surface area contributed by atoms with E-state index in [0.717, 1.165) is 11.3 Å². The molecule has 0 radical (unpaired) electrons. The van der Waals surface area contributed by atoms with Gasteiger partial charge in [-0.15, -0.1) is 0 Å². The number of amides is 1. The molecule has 0 bridgehead atoms. The molecular weight excluding hydrogens is 336 g/mol. The SMILES string of the molecule is O=C(c1ccccc1Cl)N1N=C(c2ccccc2)C[C@H]1c1ccco1. The molecule has 0 saturated carbocycles. The zero-order valence-corrected chi connectivity index (χ0v) is 14.1. The van der Waals surface area contributed by atoms with Gasteiger partial charge in [-0.25, -0.2) is 5.01 Å². The second-order valence-electron chi connectivity index (χ2n) is 5.78. The molecule has 124 valence electrons. The van der Waals surface area contributed by atoms with Crippen molar-refractivity contribution < 1.29 is 9.21 Å². The molecule has 1 aliphatic heterocycles. The van der Waals surface area contributed by atoms with Gasteiger partial charge in [0.05, 0.1) is 22.6 Å². The van der Waals surface area contributed by atoms with Gasteiger partial charge in [-0.2, -0.15) is 5.10 Å². The first kappa shape index (κ1) is 15.7. The molecular formula is C20H15ClN2O2. The number of hydrogen-bond donors (Lipinski definition) is 0. The highest BCUT2D eigenvalue weighted by molar-refractivity contribution is 6.33. The molecule has 0 unspecified atom stereocenters. The molecule has 2 heterocycles. The molecule has 0 aliphatic carbocycles. The quantitative estimate of drug-likeness (QED) is 0.672. The average molecular weight is 351 g/mol. The van der Waals surface area contributed by atoms with Crippen LogP contribution in [-0.2, 0) is 0 Å². The van der Waals surface area contributed by atoms with Gasteiger partial charge in [-0.3, -0.25) is 4.79 Å². The van der Waals surface area contributed by atoms with Crippen LogP contribution < -0.4 is 0 Å². The fourth-order valence-electron chi connectivity index (χ4n) is 2.96. The Morgan fingerprint density at radius 1 is 1.04 bits per heavy atom. The maximum absolute atomic E-state index is 13.0. The molecule has 1 aromatic heterocycles.